The van der Waals surface area contributed by atoms with E-state index in [1.165, 1.54) is 0 Å². The monoisotopic (exact) mass is 507 g/mol. The first-order valence-corrected chi connectivity index (χ1v) is 10.4. The molecule has 0 spiro atoms. The standard InChI is InChI=1S/C20H16BrCl2N5O2/c1-30-17-6-12(15(23)7-14(17)21)18-13-8-28(9-16(13)26-19(24)27-18)20(29)25-11-4-2-10(22)3-5-11/h2-7H,8-9H2,1H3,(H,25,29)(H2,24,26,27). The van der Waals surface area contributed by atoms with Crippen molar-refractivity contribution in [3.63, 3.8) is 0 Å². The molecule has 154 valence electrons. The van der Waals surface area contributed by atoms with Gasteiger partial charge in [-0.25, -0.2) is 14.8 Å². The van der Waals surface area contributed by atoms with E-state index in [0.29, 0.717) is 51.5 Å². The number of hydrogen-bond acceptors (Lipinski definition) is 5. The third-order valence-corrected chi connectivity index (χ3v) is 5.86. The SMILES string of the molecule is COc1cc(-c2nc(N)nc3c2CN(C(=O)Nc2ccc(Cl)cc2)C3)c(Cl)cc1Br. The second-order valence-electron chi connectivity index (χ2n) is 6.62. The first-order chi connectivity index (χ1) is 14.4. The zero-order valence-electron chi connectivity index (χ0n) is 15.7. The van der Waals surface area contributed by atoms with Crippen LogP contribution in [0.15, 0.2) is 40.9 Å². The van der Waals surface area contributed by atoms with Crippen LogP contribution in [0.2, 0.25) is 10.0 Å². The molecule has 0 radical (unpaired) electrons. The Bertz CT molecular complexity index is 1140. The van der Waals surface area contributed by atoms with Crippen LogP contribution in [0.25, 0.3) is 11.3 Å². The van der Waals surface area contributed by atoms with Crippen molar-refractivity contribution in [2.45, 2.75) is 13.1 Å². The summed E-state index contributed by atoms with van der Waals surface area (Å²) in [5.41, 5.74) is 9.30. The summed E-state index contributed by atoms with van der Waals surface area (Å²) in [4.78, 5) is 23.1. The minimum Gasteiger partial charge on any atom is -0.496 e. The molecule has 4 rings (SSSR count). The Labute approximate surface area is 191 Å². The van der Waals surface area contributed by atoms with E-state index in [2.05, 4.69) is 31.2 Å². The van der Waals surface area contributed by atoms with Crippen LogP contribution < -0.4 is 15.8 Å². The van der Waals surface area contributed by atoms with Gasteiger partial charge in [-0.1, -0.05) is 23.2 Å². The summed E-state index contributed by atoms with van der Waals surface area (Å²) in [6, 6.07) is 10.2. The third kappa shape index (κ3) is 4.03. The van der Waals surface area contributed by atoms with Crippen LogP contribution in [-0.2, 0) is 13.1 Å². The van der Waals surface area contributed by atoms with Gasteiger partial charge in [-0.3, -0.25) is 0 Å². The lowest BCUT2D eigenvalue weighted by molar-refractivity contribution is 0.212. The van der Waals surface area contributed by atoms with Gasteiger partial charge in [-0.2, -0.15) is 0 Å². The van der Waals surface area contributed by atoms with E-state index >= 15 is 0 Å². The van der Waals surface area contributed by atoms with Gasteiger partial charge in [0, 0.05) is 21.8 Å². The highest BCUT2D eigenvalue weighted by atomic mass is 79.9. The summed E-state index contributed by atoms with van der Waals surface area (Å²) in [7, 11) is 1.57. The number of ether oxygens (including phenoxy) is 1. The molecule has 3 N–H and O–H groups in total. The predicted molar refractivity (Wildman–Crippen MR) is 121 cm³/mol. The number of methoxy groups -OCH3 is 1. The maximum atomic E-state index is 12.8. The summed E-state index contributed by atoms with van der Waals surface area (Å²) in [5.74, 6) is 0.720. The van der Waals surface area contributed by atoms with Crippen molar-refractivity contribution in [2.75, 3.05) is 18.2 Å². The molecule has 0 saturated heterocycles. The Morgan fingerprint density at radius 2 is 1.93 bits per heavy atom. The summed E-state index contributed by atoms with van der Waals surface area (Å²) in [6.07, 6.45) is 0. The molecule has 2 heterocycles. The van der Waals surface area contributed by atoms with Crippen LogP contribution in [-0.4, -0.2) is 28.0 Å². The average Bonchev–Trinajstić information content (AvgIpc) is 3.13. The van der Waals surface area contributed by atoms with E-state index in [-0.39, 0.29) is 12.0 Å². The fourth-order valence-corrected chi connectivity index (χ4v) is 4.26. The fraction of sp³-hybridized carbons (Fsp3) is 0.150. The Balaban J connectivity index is 1.65. The zero-order chi connectivity index (χ0) is 21.4. The van der Waals surface area contributed by atoms with Crippen molar-refractivity contribution < 1.29 is 9.53 Å². The smallest absolute Gasteiger partial charge is 0.322 e. The molecular weight excluding hydrogens is 493 g/mol. The number of rotatable bonds is 3. The number of hydrogen-bond donors (Lipinski definition) is 2. The summed E-state index contributed by atoms with van der Waals surface area (Å²) in [5, 5.41) is 3.93. The second kappa shape index (κ2) is 8.29. The number of nitrogens with zero attached hydrogens (tertiary/aromatic N) is 3. The molecule has 0 unspecified atom stereocenters. The molecule has 0 bridgehead atoms. The molecule has 10 heteroatoms. The van der Waals surface area contributed by atoms with Crippen molar-refractivity contribution in [1.29, 1.82) is 0 Å². The van der Waals surface area contributed by atoms with Crippen LogP contribution in [0.3, 0.4) is 0 Å². The second-order valence-corrected chi connectivity index (χ2v) is 8.31. The molecule has 2 aromatic carbocycles. The van der Waals surface area contributed by atoms with Crippen LogP contribution in [0.4, 0.5) is 16.4 Å². The maximum Gasteiger partial charge on any atom is 0.322 e. The molecule has 2 amide bonds. The van der Waals surface area contributed by atoms with E-state index in [1.807, 2.05) is 0 Å². The number of benzene rings is 2. The third-order valence-electron chi connectivity index (χ3n) is 4.68. The van der Waals surface area contributed by atoms with Gasteiger partial charge in [0.1, 0.15) is 5.75 Å². The molecule has 7 nitrogen and oxygen atoms in total. The minimum atomic E-state index is -0.265. The molecule has 0 saturated carbocycles. The Morgan fingerprint density at radius 3 is 2.63 bits per heavy atom. The maximum absolute atomic E-state index is 12.8. The summed E-state index contributed by atoms with van der Waals surface area (Å²) in [6.45, 7) is 0.624. The molecule has 0 fully saturated rings. The van der Waals surface area contributed by atoms with Gasteiger partial charge in [-0.05, 0) is 52.3 Å². The van der Waals surface area contributed by atoms with E-state index in [4.69, 9.17) is 33.7 Å². The Kier molecular flexibility index (Phi) is 5.73. The molecule has 0 atom stereocenters. The predicted octanol–water partition coefficient (Wildman–Crippen LogP) is 5.35. The molecule has 30 heavy (non-hydrogen) atoms. The molecular formula is C20H16BrCl2N5O2. The Hall–Kier alpha value is -2.55. The van der Waals surface area contributed by atoms with E-state index in [0.717, 1.165) is 10.0 Å². The minimum absolute atomic E-state index is 0.113. The van der Waals surface area contributed by atoms with Gasteiger partial charge < -0.3 is 20.7 Å². The first kappa shape index (κ1) is 20.7. The topological polar surface area (TPSA) is 93.4 Å². The van der Waals surface area contributed by atoms with Gasteiger partial charge in [0.15, 0.2) is 0 Å². The number of fused-ring (bicyclic) bond motifs is 1. The van der Waals surface area contributed by atoms with Crippen molar-refractivity contribution in [2.24, 2.45) is 0 Å². The number of aromatic nitrogens is 2. The highest BCUT2D eigenvalue weighted by molar-refractivity contribution is 9.10. The van der Waals surface area contributed by atoms with Crippen molar-refractivity contribution in [3.8, 4) is 17.0 Å². The fourth-order valence-electron chi connectivity index (χ4n) is 3.24. The number of nitrogen functional groups attached to an aromatic ring is 1. The largest absolute Gasteiger partial charge is 0.496 e. The van der Waals surface area contributed by atoms with Gasteiger partial charge >= 0.3 is 6.03 Å². The van der Waals surface area contributed by atoms with E-state index in [1.54, 1.807) is 48.4 Å². The highest BCUT2D eigenvalue weighted by Crippen LogP contribution is 2.39. The summed E-state index contributed by atoms with van der Waals surface area (Å²) >= 11 is 15.8. The number of carbonyl (C=O) groups is 1. The van der Waals surface area contributed by atoms with Crippen LogP contribution in [0.1, 0.15) is 11.3 Å². The number of carbonyl (C=O) groups excluding carboxylic acids is 1. The van der Waals surface area contributed by atoms with Crippen molar-refractivity contribution in [3.05, 3.63) is 62.2 Å². The number of urea groups is 1. The molecule has 3 aromatic rings. The molecule has 1 aromatic heterocycles. The average molecular weight is 509 g/mol. The lowest BCUT2D eigenvalue weighted by Crippen LogP contribution is -2.30. The van der Waals surface area contributed by atoms with E-state index < -0.39 is 0 Å². The number of nitrogens with two attached hydrogens (primary N) is 1. The highest BCUT2D eigenvalue weighted by Gasteiger charge is 2.29. The molecule has 0 aliphatic carbocycles. The van der Waals surface area contributed by atoms with Crippen LogP contribution in [0, 0.1) is 0 Å². The number of nitrogens with one attached hydrogen (secondary N) is 1. The normalized spacial score (nSPS) is 12.6. The number of anilines is 2. The lowest BCUT2D eigenvalue weighted by Gasteiger charge is -2.16. The van der Waals surface area contributed by atoms with Crippen LogP contribution in [0.5, 0.6) is 5.75 Å². The van der Waals surface area contributed by atoms with Gasteiger partial charge in [-0.15, -0.1) is 0 Å². The van der Waals surface area contributed by atoms with Gasteiger partial charge in [0.25, 0.3) is 0 Å². The lowest BCUT2D eigenvalue weighted by atomic mass is 10.1. The zero-order valence-corrected chi connectivity index (χ0v) is 18.8. The molecule has 1 aliphatic heterocycles. The quantitative estimate of drug-likeness (QED) is 0.497. The van der Waals surface area contributed by atoms with Crippen molar-refractivity contribution in [1.82, 2.24) is 14.9 Å². The summed E-state index contributed by atoms with van der Waals surface area (Å²) < 4.78 is 6.11. The van der Waals surface area contributed by atoms with Gasteiger partial charge in [0.2, 0.25) is 5.95 Å². The number of amides is 2. The number of halogens is 3. The molecule has 1 aliphatic rings. The van der Waals surface area contributed by atoms with Gasteiger partial charge in [0.05, 0.1) is 41.1 Å². The van der Waals surface area contributed by atoms with Crippen molar-refractivity contribution >= 4 is 56.8 Å². The van der Waals surface area contributed by atoms with Crippen LogP contribution >= 0.6 is 39.1 Å². The first-order valence-electron chi connectivity index (χ1n) is 8.86. The Morgan fingerprint density at radius 1 is 1.20 bits per heavy atom. The van der Waals surface area contributed by atoms with E-state index in [9.17, 15) is 4.79 Å².